The number of halogens is 1. The van der Waals surface area contributed by atoms with E-state index in [2.05, 4.69) is 9.97 Å². The van der Waals surface area contributed by atoms with Crippen molar-refractivity contribution in [3.05, 3.63) is 87.5 Å². The minimum atomic E-state index is -0.00808. The molecule has 4 rings (SSSR count). The summed E-state index contributed by atoms with van der Waals surface area (Å²) in [5.74, 6) is 0.224. The van der Waals surface area contributed by atoms with E-state index in [4.69, 9.17) is 11.6 Å². The average Bonchev–Trinajstić information content (AvgIpc) is 3.12. The second kappa shape index (κ2) is 6.23. The highest BCUT2D eigenvalue weighted by molar-refractivity contribution is 7.09. The van der Waals surface area contributed by atoms with Gasteiger partial charge in [-0.2, -0.15) is 0 Å². The molecule has 1 atom stereocenters. The number of hydrogen-bond donors (Lipinski definition) is 1. The van der Waals surface area contributed by atoms with Crippen molar-refractivity contribution in [2.24, 2.45) is 0 Å². The number of fused-ring (bicyclic) bond motifs is 1. The number of thiazole rings is 1. The number of hydrogen-bond acceptors (Lipinski definition) is 4. The molecule has 0 aliphatic rings. The Morgan fingerprint density at radius 2 is 1.71 bits per heavy atom. The number of pyridine rings is 1. The molecule has 1 N–H and O–H groups in total. The zero-order chi connectivity index (χ0) is 16.5. The van der Waals surface area contributed by atoms with E-state index < -0.39 is 0 Å². The quantitative estimate of drug-likeness (QED) is 0.549. The van der Waals surface area contributed by atoms with E-state index in [0.717, 1.165) is 27.0 Å². The molecule has 118 valence electrons. The van der Waals surface area contributed by atoms with E-state index in [-0.39, 0.29) is 11.7 Å². The van der Waals surface area contributed by atoms with Crippen molar-refractivity contribution in [2.45, 2.75) is 5.92 Å². The van der Waals surface area contributed by atoms with Crippen molar-refractivity contribution >= 4 is 33.8 Å². The molecule has 24 heavy (non-hydrogen) atoms. The Morgan fingerprint density at radius 1 is 0.917 bits per heavy atom. The van der Waals surface area contributed by atoms with Crippen molar-refractivity contribution in [3.63, 3.8) is 0 Å². The molecule has 0 saturated carbocycles. The van der Waals surface area contributed by atoms with Crippen LogP contribution in [-0.4, -0.2) is 15.1 Å². The molecule has 0 bridgehead atoms. The monoisotopic (exact) mass is 352 g/mol. The fraction of sp³-hybridized carbons (Fsp3) is 0.0526. The summed E-state index contributed by atoms with van der Waals surface area (Å²) in [6.45, 7) is 0. The fourth-order valence-electron chi connectivity index (χ4n) is 2.84. The van der Waals surface area contributed by atoms with Gasteiger partial charge in [0, 0.05) is 28.2 Å². The third-order valence-electron chi connectivity index (χ3n) is 3.98. The van der Waals surface area contributed by atoms with Gasteiger partial charge in [-0.15, -0.1) is 11.3 Å². The maximum absolute atomic E-state index is 10.1. The molecular weight excluding hydrogens is 340 g/mol. The van der Waals surface area contributed by atoms with Gasteiger partial charge in [0.2, 0.25) is 0 Å². The molecule has 0 spiro atoms. The van der Waals surface area contributed by atoms with Crippen LogP contribution in [0.2, 0.25) is 5.02 Å². The first-order chi connectivity index (χ1) is 11.7. The van der Waals surface area contributed by atoms with E-state index in [1.807, 2.05) is 54.0 Å². The molecule has 2 aromatic carbocycles. The minimum absolute atomic E-state index is 0.00808. The summed E-state index contributed by atoms with van der Waals surface area (Å²) in [5.41, 5.74) is 2.94. The van der Waals surface area contributed by atoms with E-state index in [0.29, 0.717) is 5.02 Å². The highest BCUT2D eigenvalue weighted by Gasteiger charge is 2.20. The summed E-state index contributed by atoms with van der Waals surface area (Å²) in [4.78, 5) is 8.80. The fourth-order valence-corrected chi connectivity index (χ4v) is 3.76. The standard InChI is InChI=1S/C19H13ClN2OS/c20-14-4-1-12(2-5-14)18(19-22-9-10-24-19)13-3-6-16-15(11-13)17(23)7-8-21-16/h1-11,18H,(H,21,23). The number of nitrogens with zero attached hydrogens (tertiary/aromatic N) is 2. The third kappa shape index (κ3) is 2.75. The van der Waals surface area contributed by atoms with E-state index in [1.54, 1.807) is 23.6 Å². The highest BCUT2D eigenvalue weighted by Crippen LogP contribution is 2.36. The predicted octanol–water partition coefficient (Wildman–Crippen LogP) is 5.23. The molecule has 0 aliphatic heterocycles. The lowest BCUT2D eigenvalue weighted by atomic mass is 9.91. The SMILES string of the molecule is Oc1ccnc2ccc(C(c3ccc(Cl)cc3)c3nccs3)cc12. The molecule has 2 aromatic heterocycles. The molecule has 3 nitrogen and oxygen atoms in total. The summed E-state index contributed by atoms with van der Waals surface area (Å²) in [6, 6.07) is 15.4. The van der Waals surface area contributed by atoms with Crippen LogP contribution >= 0.6 is 22.9 Å². The topological polar surface area (TPSA) is 46.0 Å². The number of rotatable bonds is 3. The Balaban J connectivity index is 1.90. The third-order valence-corrected chi connectivity index (χ3v) is 5.07. The predicted molar refractivity (Wildman–Crippen MR) is 97.9 cm³/mol. The zero-order valence-corrected chi connectivity index (χ0v) is 14.1. The van der Waals surface area contributed by atoms with Crippen LogP contribution in [0.1, 0.15) is 22.1 Å². The largest absolute Gasteiger partial charge is 0.507 e. The molecular formula is C19H13ClN2OS. The Labute approximate surface area is 148 Å². The summed E-state index contributed by atoms with van der Waals surface area (Å²) in [5, 5.41) is 14.6. The number of benzene rings is 2. The molecule has 0 radical (unpaired) electrons. The Hall–Kier alpha value is -2.43. The lowest BCUT2D eigenvalue weighted by Crippen LogP contribution is -2.03. The molecule has 5 heteroatoms. The molecule has 2 heterocycles. The van der Waals surface area contributed by atoms with Gasteiger partial charge in [0.05, 0.1) is 11.4 Å². The van der Waals surface area contributed by atoms with Crippen molar-refractivity contribution in [3.8, 4) is 5.75 Å². The lowest BCUT2D eigenvalue weighted by Gasteiger charge is -2.16. The summed E-state index contributed by atoms with van der Waals surface area (Å²) >= 11 is 7.64. The van der Waals surface area contributed by atoms with Crippen molar-refractivity contribution in [1.29, 1.82) is 0 Å². The smallest absolute Gasteiger partial charge is 0.126 e. The lowest BCUT2D eigenvalue weighted by molar-refractivity contribution is 0.481. The van der Waals surface area contributed by atoms with E-state index >= 15 is 0 Å². The molecule has 0 amide bonds. The van der Waals surface area contributed by atoms with Gasteiger partial charge in [0.15, 0.2) is 0 Å². The van der Waals surface area contributed by atoms with Crippen LogP contribution in [0.4, 0.5) is 0 Å². The highest BCUT2D eigenvalue weighted by atomic mass is 35.5. The summed E-state index contributed by atoms with van der Waals surface area (Å²) in [6.07, 6.45) is 3.41. The summed E-state index contributed by atoms with van der Waals surface area (Å²) in [7, 11) is 0. The van der Waals surface area contributed by atoms with Gasteiger partial charge in [-0.05, 0) is 41.5 Å². The molecule has 0 aliphatic carbocycles. The van der Waals surface area contributed by atoms with Gasteiger partial charge >= 0.3 is 0 Å². The van der Waals surface area contributed by atoms with Crippen molar-refractivity contribution in [2.75, 3.05) is 0 Å². The van der Waals surface area contributed by atoms with Crippen LogP contribution in [0.25, 0.3) is 10.9 Å². The molecule has 0 fully saturated rings. The van der Waals surface area contributed by atoms with Gasteiger partial charge in [-0.3, -0.25) is 4.98 Å². The van der Waals surface area contributed by atoms with Crippen molar-refractivity contribution in [1.82, 2.24) is 9.97 Å². The van der Waals surface area contributed by atoms with Crippen molar-refractivity contribution < 1.29 is 5.11 Å². The van der Waals surface area contributed by atoms with Crippen LogP contribution < -0.4 is 0 Å². The van der Waals surface area contributed by atoms with Crippen LogP contribution in [0.15, 0.2) is 66.3 Å². The molecule has 0 saturated heterocycles. The average molecular weight is 353 g/mol. The Kier molecular flexibility index (Phi) is 3.92. The van der Waals surface area contributed by atoms with E-state index in [1.165, 1.54) is 0 Å². The molecule has 4 aromatic rings. The zero-order valence-electron chi connectivity index (χ0n) is 12.6. The second-order valence-corrected chi connectivity index (χ2v) is 6.82. The first-order valence-corrected chi connectivity index (χ1v) is 8.70. The van der Waals surface area contributed by atoms with Gasteiger partial charge < -0.3 is 5.11 Å². The Bertz CT molecular complexity index is 984. The second-order valence-electron chi connectivity index (χ2n) is 5.46. The van der Waals surface area contributed by atoms with Gasteiger partial charge in [-0.1, -0.05) is 29.8 Å². The number of aromatic nitrogens is 2. The van der Waals surface area contributed by atoms with E-state index in [9.17, 15) is 5.11 Å². The maximum atomic E-state index is 10.1. The first-order valence-electron chi connectivity index (χ1n) is 7.45. The summed E-state index contributed by atoms with van der Waals surface area (Å²) < 4.78 is 0. The van der Waals surface area contributed by atoms with Gasteiger partial charge in [-0.25, -0.2) is 4.98 Å². The normalized spacial score (nSPS) is 12.4. The van der Waals surface area contributed by atoms with Crippen LogP contribution in [0, 0.1) is 0 Å². The maximum Gasteiger partial charge on any atom is 0.126 e. The van der Waals surface area contributed by atoms with Crippen LogP contribution in [0.3, 0.4) is 0 Å². The van der Waals surface area contributed by atoms with Gasteiger partial charge in [0.25, 0.3) is 0 Å². The molecule has 1 unspecified atom stereocenters. The first kappa shape index (κ1) is 15.1. The minimum Gasteiger partial charge on any atom is -0.507 e. The Morgan fingerprint density at radius 3 is 2.46 bits per heavy atom. The van der Waals surface area contributed by atoms with Crippen LogP contribution in [-0.2, 0) is 0 Å². The van der Waals surface area contributed by atoms with Crippen LogP contribution in [0.5, 0.6) is 5.75 Å². The van der Waals surface area contributed by atoms with Gasteiger partial charge in [0.1, 0.15) is 10.8 Å². The number of aromatic hydroxyl groups is 1.